The molecule has 0 heterocycles. The van der Waals surface area contributed by atoms with E-state index in [-0.39, 0.29) is 11.6 Å². The highest BCUT2D eigenvalue weighted by molar-refractivity contribution is 9.10. The Hall–Kier alpha value is -1.60. The maximum absolute atomic E-state index is 12.0. The molecule has 0 atom stereocenters. The van der Waals surface area contributed by atoms with Gasteiger partial charge in [-0.25, -0.2) is 9.59 Å². The molecule has 116 valence electrons. The largest absolute Gasteiger partial charge is 0.478 e. The van der Waals surface area contributed by atoms with Gasteiger partial charge in [-0.1, -0.05) is 15.9 Å². The number of carboxylic acids is 1. The Morgan fingerprint density at radius 1 is 1.19 bits per heavy atom. The quantitative estimate of drug-likeness (QED) is 0.820. The van der Waals surface area contributed by atoms with Crippen molar-refractivity contribution in [2.24, 2.45) is 0 Å². The standard InChI is InChI=1S/C14H20BrN3O3/c1-17(2)5-4-6-18(3)14(21)16-12-8-10(13(19)20)7-11(15)9-12/h7-9H,4-6H2,1-3H3,(H,16,21)(H,19,20). The van der Waals surface area contributed by atoms with E-state index < -0.39 is 5.97 Å². The van der Waals surface area contributed by atoms with E-state index in [9.17, 15) is 9.59 Å². The fourth-order valence-electron chi connectivity index (χ4n) is 1.73. The lowest BCUT2D eigenvalue weighted by Gasteiger charge is -2.19. The molecular formula is C14H20BrN3O3. The monoisotopic (exact) mass is 357 g/mol. The molecule has 2 N–H and O–H groups in total. The number of carboxylic acid groups (broad SMARTS) is 1. The van der Waals surface area contributed by atoms with Gasteiger partial charge in [0.05, 0.1) is 5.56 Å². The van der Waals surface area contributed by atoms with Gasteiger partial charge in [0.1, 0.15) is 0 Å². The summed E-state index contributed by atoms with van der Waals surface area (Å²) in [6, 6.07) is 4.32. The molecule has 6 nitrogen and oxygen atoms in total. The molecule has 0 bridgehead atoms. The van der Waals surface area contributed by atoms with Gasteiger partial charge in [0.2, 0.25) is 0 Å². The Bertz CT molecular complexity index is 520. The Kier molecular flexibility index (Phi) is 6.64. The molecule has 0 fully saturated rings. The van der Waals surface area contributed by atoms with Gasteiger partial charge >= 0.3 is 12.0 Å². The second kappa shape index (κ2) is 7.99. The van der Waals surface area contributed by atoms with E-state index in [1.807, 2.05) is 14.1 Å². The van der Waals surface area contributed by atoms with Crippen molar-refractivity contribution in [3.8, 4) is 0 Å². The number of amides is 2. The van der Waals surface area contributed by atoms with Gasteiger partial charge < -0.3 is 20.2 Å². The number of halogens is 1. The molecule has 1 rings (SSSR count). The molecule has 2 amide bonds. The van der Waals surface area contributed by atoms with E-state index in [1.54, 1.807) is 18.0 Å². The molecule has 0 radical (unpaired) electrons. The summed E-state index contributed by atoms with van der Waals surface area (Å²) >= 11 is 3.23. The zero-order valence-electron chi connectivity index (χ0n) is 12.4. The lowest BCUT2D eigenvalue weighted by atomic mass is 10.2. The van der Waals surface area contributed by atoms with Crippen LogP contribution in [0, 0.1) is 0 Å². The van der Waals surface area contributed by atoms with Gasteiger partial charge in [-0.2, -0.15) is 0 Å². The molecule has 0 aliphatic rings. The number of benzene rings is 1. The highest BCUT2D eigenvalue weighted by Gasteiger charge is 2.11. The zero-order chi connectivity index (χ0) is 16.0. The minimum atomic E-state index is -1.04. The summed E-state index contributed by atoms with van der Waals surface area (Å²) in [7, 11) is 5.67. The van der Waals surface area contributed by atoms with Gasteiger partial charge in [-0.05, 0) is 45.3 Å². The van der Waals surface area contributed by atoms with E-state index in [0.29, 0.717) is 16.7 Å². The van der Waals surface area contributed by atoms with Gasteiger partial charge in [0, 0.05) is 23.8 Å². The fourth-order valence-corrected chi connectivity index (χ4v) is 2.22. The van der Waals surface area contributed by atoms with Crippen LogP contribution in [0.25, 0.3) is 0 Å². The first-order chi connectivity index (χ1) is 9.79. The number of carbonyl (C=O) groups excluding carboxylic acids is 1. The average Bonchev–Trinajstić information content (AvgIpc) is 2.37. The Morgan fingerprint density at radius 3 is 2.43 bits per heavy atom. The summed E-state index contributed by atoms with van der Waals surface area (Å²) in [5, 5.41) is 11.7. The number of nitrogens with one attached hydrogen (secondary N) is 1. The molecule has 1 aromatic rings. The highest BCUT2D eigenvalue weighted by Crippen LogP contribution is 2.20. The predicted molar refractivity (Wildman–Crippen MR) is 85.9 cm³/mol. The van der Waals surface area contributed by atoms with E-state index in [1.165, 1.54) is 12.1 Å². The first-order valence-corrected chi connectivity index (χ1v) is 7.29. The molecule has 0 spiro atoms. The van der Waals surface area contributed by atoms with E-state index in [4.69, 9.17) is 5.11 Å². The Morgan fingerprint density at radius 2 is 1.86 bits per heavy atom. The fraction of sp³-hybridized carbons (Fsp3) is 0.429. The van der Waals surface area contributed by atoms with Crippen molar-refractivity contribution in [3.05, 3.63) is 28.2 Å². The average molecular weight is 358 g/mol. The number of anilines is 1. The van der Waals surface area contributed by atoms with Crippen molar-refractivity contribution < 1.29 is 14.7 Å². The third kappa shape index (κ3) is 6.14. The van der Waals surface area contributed by atoms with Gasteiger partial charge in [-0.3, -0.25) is 0 Å². The zero-order valence-corrected chi connectivity index (χ0v) is 14.0. The van der Waals surface area contributed by atoms with Gasteiger partial charge in [0.25, 0.3) is 0 Å². The Labute approximate surface area is 132 Å². The molecule has 21 heavy (non-hydrogen) atoms. The van der Waals surface area contributed by atoms with Crippen molar-refractivity contribution in [1.82, 2.24) is 9.80 Å². The molecule has 0 aliphatic heterocycles. The van der Waals surface area contributed by atoms with Crippen molar-refractivity contribution in [2.45, 2.75) is 6.42 Å². The summed E-state index contributed by atoms with van der Waals surface area (Å²) < 4.78 is 0.605. The summed E-state index contributed by atoms with van der Waals surface area (Å²) in [5.41, 5.74) is 0.571. The van der Waals surface area contributed by atoms with E-state index >= 15 is 0 Å². The van der Waals surface area contributed by atoms with Crippen LogP contribution in [0.1, 0.15) is 16.8 Å². The molecule has 0 aromatic heterocycles. The maximum atomic E-state index is 12.0. The third-order valence-electron chi connectivity index (χ3n) is 2.84. The minimum absolute atomic E-state index is 0.120. The SMILES string of the molecule is CN(C)CCCN(C)C(=O)Nc1cc(Br)cc(C(=O)O)c1. The van der Waals surface area contributed by atoms with Crippen molar-refractivity contribution in [3.63, 3.8) is 0 Å². The number of carbonyl (C=O) groups is 2. The lowest BCUT2D eigenvalue weighted by molar-refractivity contribution is 0.0697. The number of hydrogen-bond acceptors (Lipinski definition) is 3. The van der Waals surface area contributed by atoms with Gasteiger partial charge in [-0.15, -0.1) is 0 Å². The number of aromatic carboxylic acids is 1. The Balaban J connectivity index is 2.63. The number of nitrogens with zero attached hydrogens (tertiary/aromatic N) is 2. The normalized spacial score (nSPS) is 10.5. The second-order valence-corrected chi connectivity index (χ2v) is 5.96. The van der Waals surface area contributed by atoms with Crippen LogP contribution in [0.4, 0.5) is 10.5 Å². The molecule has 7 heteroatoms. The summed E-state index contributed by atoms with van der Waals surface area (Å²) in [4.78, 5) is 26.6. The first-order valence-electron chi connectivity index (χ1n) is 6.50. The number of urea groups is 1. The molecule has 0 saturated heterocycles. The van der Waals surface area contributed by atoms with Crippen LogP contribution in [-0.2, 0) is 0 Å². The first kappa shape index (κ1) is 17.5. The molecule has 0 unspecified atom stereocenters. The third-order valence-corrected chi connectivity index (χ3v) is 3.30. The highest BCUT2D eigenvalue weighted by atomic mass is 79.9. The molecule has 0 aliphatic carbocycles. The van der Waals surface area contributed by atoms with Crippen LogP contribution in [-0.4, -0.2) is 61.1 Å². The van der Waals surface area contributed by atoms with Crippen LogP contribution in [0.2, 0.25) is 0 Å². The molecular weight excluding hydrogens is 338 g/mol. The second-order valence-electron chi connectivity index (χ2n) is 5.04. The van der Waals surface area contributed by atoms with Crippen molar-refractivity contribution in [2.75, 3.05) is 39.5 Å². The molecule has 0 saturated carbocycles. The van der Waals surface area contributed by atoms with Crippen LogP contribution >= 0.6 is 15.9 Å². The summed E-state index contributed by atoms with van der Waals surface area (Å²) in [5.74, 6) is -1.04. The van der Waals surface area contributed by atoms with Crippen molar-refractivity contribution in [1.29, 1.82) is 0 Å². The number of rotatable bonds is 6. The summed E-state index contributed by atoms with van der Waals surface area (Å²) in [6.07, 6.45) is 0.871. The molecule has 1 aromatic carbocycles. The van der Waals surface area contributed by atoms with Crippen LogP contribution in [0.3, 0.4) is 0 Å². The number of hydrogen-bond donors (Lipinski definition) is 2. The lowest BCUT2D eigenvalue weighted by Crippen LogP contribution is -2.33. The smallest absolute Gasteiger partial charge is 0.335 e. The topological polar surface area (TPSA) is 72.9 Å². The minimum Gasteiger partial charge on any atom is -0.478 e. The van der Waals surface area contributed by atoms with E-state index in [0.717, 1.165) is 13.0 Å². The van der Waals surface area contributed by atoms with Crippen LogP contribution in [0.5, 0.6) is 0 Å². The van der Waals surface area contributed by atoms with Gasteiger partial charge in [0.15, 0.2) is 0 Å². The van der Waals surface area contributed by atoms with Crippen LogP contribution < -0.4 is 5.32 Å². The van der Waals surface area contributed by atoms with E-state index in [2.05, 4.69) is 26.1 Å². The summed E-state index contributed by atoms with van der Waals surface area (Å²) in [6.45, 7) is 1.53. The maximum Gasteiger partial charge on any atom is 0.335 e. The van der Waals surface area contributed by atoms with Crippen molar-refractivity contribution >= 4 is 33.6 Å². The predicted octanol–water partition coefficient (Wildman–Crippen LogP) is 2.56. The van der Waals surface area contributed by atoms with Crippen LogP contribution in [0.15, 0.2) is 22.7 Å².